The van der Waals surface area contributed by atoms with E-state index in [1.807, 2.05) is 55.5 Å². The predicted octanol–water partition coefficient (Wildman–Crippen LogP) is 3.71. The van der Waals surface area contributed by atoms with Crippen molar-refractivity contribution in [3.8, 4) is 11.5 Å². The number of carbonyl (C=O) groups excluding carboxylic acids is 1. The lowest BCUT2D eigenvalue weighted by Crippen LogP contribution is -2.30. The Balaban J connectivity index is 1.53. The molecule has 1 fully saturated rings. The Labute approximate surface area is 164 Å². The molecule has 2 aromatic carbocycles. The Hall–Kier alpha value is -3.02. The lowest BCUT2D eigenvalue weighted by molar-refractivity contribution is -0.123. The molecule has 1 atom stereocenters. The first-order valence-corrected chi connectivity index (χ1v) is 9.68. The van der Waals surface area contributed by atoms with Gasteiger partial charge in [-0.3, -0.25) is 4.79 Å². The number of hydrogen-bond donors (Lipinski definition) is 1. The maximum absolute atomic E-state index is 12.2. The molecule has 6 nitrogen and oxygen atoms in total. The number of imidazole rings is 1. The lowest BCUT2D eigenvalue weighted by atomic mass is 10.2. The fourth-order valence-corrected chi connectivity index (χ4v) is 3.39. The summed E-state index contributed by atoms with van der Waals surface area (Å²) in [6, 6.07) is 15.5. The third-order valence-electron chi connectivity index (χ3n) is 5.02. The SMILES string of the molecule is COc1ccccc1OCCn1c(C(C)NC(=O)C2CC2)nc2ccccc21. The first-order valence-electron chi connectivity index (χ1n) is 9.68. The minimum atomic E-state index is -0.160. The van der Waals surface area contributed by atoms with Crippen LogP contribution in [0, 0.1) is 5.92 Å². The van der Waals surface area contributed by atoms with Gasteiger partial charge in [0.05, 0.1) is 30.7 Å². The van der Waals surface area contributed by atoms with Gasteiger partial charge in [0, 0.05) is 5.92 Å². The van der Waals surface area contributed by atoms with Crippen LogP contribution in [0.1, 0.15) is 31.6 Å². The van der Waals surface area contributed by atoms with Gasteiger partial charge in [0.2, 0.25) is 5.91 Å². The van der Waals surface area contributed by atoms with Crippen molar-refractivity contribution in [2.24, 2.45) is 5.92 Å². The average Bonchev–Trinajstić information content (AvgIpc) is 3.50. The molecule has 1 aliphatic rings. The van der Waals surface area contributed by atoms with E-state index in [0.29, 0.717) is 24.7 Å². The Bertz CT molecular complexity index is 978. The number of para-hydroxylation sites is 4. The zero-order valence-electron chi connectivity index (χ0n) is 16.2. The second kappa shape index (κ2) is 7.92. The minimum Gasteiger partial charge on any atom is -0.493 e. The number of ether oxygens (including phenoxy) is 2. The highest BCUT2D eigenvalue weighted by Gasteiger charge is 2.31. The molecule has 0 aliphatic heterocycles. The maximum Gasteiger partial charge on any atom is 0.223 e. The number of methoxy groups -OCH3 is 1. The van der Waals surface area contributed by atoms with Crippen LogP contribution in [-0.2, 0) is 11.3 Å². The van der Waals surface area contributed by atoms with Gasteiger partial charge in [0.15, 0.2) is 11.5 Å². The van der Waals surface area contributed by atoms with Gasteiger partial charge in [-0.2, -0.15) is 0 Å². The Morgan fingerprint density at radius 2 is 1.89 bits per heavy atom. The molecule has 1 saturated carbocycles. The minimum absolute atomic E-state index is 0.122. The van der Waals surface area contributed by atoms with E-state index in [-0.39, 0.29) is 17.9 Å². The van der Waals surface area contributed by atoms with Gasteiger partial charge >= 0.3 is 0 Å². The van der Waals surface area contributed by atoms with Gasteiger partial charge in [-0.1, -0.05) is 24.3 Å². The van der Waals surface area contributed by atoms with E-state index in [2.05, 4.69) is 9.88 Å². The summed E-state index contributed by atoms with van der Waals surface area (Å²) in [5.74, 6) is 2.57. The number of hydrogen-bond acceptors (Lipinski definition) is 4. The van der Waals surface area contributed by atoms with Gasteiger partial charge in [-0.15, -0.1) is 0 Å². The highest BCUT2D eigenvalue weighted by atomic mass is 16.5. The van der Waals surface area contributed by atoms with Crippen LogP contribution < -0.4 is 14.8 Å². The molecule has 1 heterocycles. The Kier molecular flexibility index (Phi) is 5.19. The summed E-state index contributed by atoms with van der Waals surface area (Å²) in [6.07, 6.45) is 1.98. The molecule has 4 rings (SSSR count). The van der Waals surface area contributed by atoms with Gasteiger partial charge in [-0.05, 0) is 44.0 Å². The summed E-state index contributed by atoms with van der Waals surface area (Å²) in [4.78, 5) is 17.0. The smallest absolute Gasteiger partial charge is 0.223 e. The van der Waals surface area contributed by atoms with Crippen LogP contribution in [0.15, 0.2) is 48.5 Å². The van der Waals surface area contributed by atoms with Crippen molar-refractivity contribution < 1.29 is 14.3 Å². The summed E-state index contributed by atoms with van der Waals surface area (Å²) in [7, 11) is 1.63. The molecule has 1 N–H and O–H groups in total. The first kappa shape index (κ1) is 18.3. The third kappa shape index (κ3) is 3.81. The van der Waals surface area contributed by atoms with Gasteiger partial charge in [-0.25, -0.2) is 4.98 Å². The van der Waals surface area contributed by atoms with Crippen LogP contribution in [-0.4, -0.2) is 29.2 Å². The van der Waals surface area contributed by atoms with Crippen LogP contribution in [0.3, 0.4) is 0 Å². The Morgan fingerprint density at radius 3 is 2.64 bits per heavy atom. The number of carbonyl (C=O) groups is 1. The van der Waals surface area contributed by atoms with E-state index in [1.165, 1.54) is 0 Å². The number of nitrogens with one attached hydrogen (secondary N) is 1. The van der Waals surface area contributed by atoms with Crippen molar-refractivity contribution >= 4 is 16.9 Å². The molecule has 0 saturated heterocycles. The fourth-order valence-electron chi connectivity index (χ4n) is 3.39. The van der Waals surface area contributed by atoms with Crippen molar-refractivity contribution in [2.45, 2.75) is 32.4 Å². The predicted molar refractivity (Wildman–Crippen MR) is 108 cm³/mol. The fraction of sp³-hybridized carbons (Fsp3) is 0.364. The van der Waals surface area contributed by atoms with Gasteiger partial charge < -0.3 is 19.4 Å². The van der Waals surface area contributed by atoms with Gasteiger partial charge in [0.25, 0.3) is 0 Å². The van der Waals surface area contributed by atoms with Gasteiger partial charge in [0.1, 0.15) is 12.4 Å². The second-order valence-corrected chi connectivity index (χ2v) is 7.11. The summed E-state index contributed by atoms with van der Waals surface area (Å²) < 4.78 is 13.4. The largest absolute Gasteiger partial charge is 0.493 e. The second-order valence-electron chi connectivity index (χ2n) is 7.11. The molecule has 28 heavy (non-hydrogen) atoms. The Morgan fingerprint density at radius 1 is 1.18 bits per heavy atom. The van der Waals surface area contributed by atoms with Crippen LogP contribution >= 0.6 is 0 Å². The normalized spacial score (nSPS) is 14.6. The van der Waals surface area contributed by atoms with Crippen molar-refractivity contribution in [1.82, 2.24) is 14.9 Å². The van der Waals surface area contributed by atoms with Crippen molar-refractivity contribution in [3.63, 3.8) is 0 Å². The third-order valence-corrected chi connectivity index (χ3v) is 5.02. The highest BCUT2D eigenvalue weighted by Crippen LogP contribution is 2.30. The van der Waals surface area contributed by atoms with E-state index in [9.17, 15) is 4.79 Å². The summed E-state index contributed by atoms with van der Waals surface area (Å²) in [5.41, 5.74) is 1.95. The molecular weight excluding hydrogens is 354 g/mol. The van der Waals surface area contributed by atoms with E-state index < -0.39 is 0 Å². The van der Waals surface area contributed by atoms with Crippen molar-refractivity contribution in [2.75, 3.05) is 13.7 Å². The van der Waals surface area contributed by atoms with Crippen molar-refractivity contribution in [3.05, 3.63) is 54.4 Å². The van der Waals surface area contributed by atoms with E-state index in [0.717, 1.165) is 29.7 Å². The molecule has 1 aromatic heterocycles. The number of rotatable bonds is 8. The molecule has 146 valence electrons. The standard InChI is InChI=1S/C22H25N3O3/c1-15(23-22(26)16-11-12-16)21-24-17-7-3-4-8-18(17)25(21)13-14-28-20-10-6-5-9-19(20)27-2/h3-10,15-16H,11-14H2,1-2H3,(H,23,26). The highest BCUT2D eigenvalue weighted by molar-refractivity contribution is 5.81. The van der Waals surface area contributed by atoms with Crippen molar-refractivity contribution in [1.29, 1.82) is 0 Å². The molecule has 1 amide bonds. The average molecular weight is 379 g/mol. The summed E-state index contributed by atoms with van der Waals surface area (Å²) >= 11 is 0. The molecule has 0 radical (unpaired) electrons. The molecule has 6 heteroatoms. The molecule has 0 bridgehead atoms. The van der Waals surface area contributed by atoms with Crippen LogP contribution in [0.25, 0.3) is 11.0 Å². The summed E-state index contributed by atoms with van der Waals surface area (Å²) in [6.45, 7) is 3.08. The quantitative estimate of drug-likeness (QED) is 0.648. The zero-order valence-corrected chi connectivity index (χ0v) is 16.2. The number of amides is 1. The summed E-state index contributed by atoms with van der Waals surface area (Å²) in [5, 5.41) is 3.10. The van der Waals surface area contributed by atoms with Crippen LogP contribution in [0.5, 0.6) is 11.5 Å². The molecule has 0 spiro atoms. The number of fused-ring (bicyclic) bond motifs is 1. The molecule has 1 aliphatic carbocycles. The first-order chi connectivity index (χ1) is 13.7. The van der Waals surface area contributed by atoms with E-state index >= 15 is 0 Å². The maximum atomic E-state index is 12.2. The number of benzene rings is 2. The number of aromatic nitrogens is 2. The molecular formula is C22H25N3O3. The topological polar surface area (TPSA) is 65.4 Å². The monoisotopic (exact) mass is 379 g/mol. The number of nitrogens with zero attached hydrogens (tertiary/aromatic N) is 2. The van der Waals surface area contributed by atoms with E-state index in [4.69, 9.17) is 14.5 Å². The van der Waals surface area contributed by atoms with Crippen LogP contribution in [0.2, 0.25) is 0 Å². The van der Waals surface area contributed by atoms with E-state index in [1.54, 1.807) is 7.11 Å². The molecule has 3 aromatic rings. The van der Waals surface area contributed by atoms with Crippen LogP contribution in [0.4, 0.5) is 0 Å². The molecule has 1 unspecified atom stereocenters. The zero-order chi connectivity index (χ0) is 19.5. The lowest BCUT2D eigenvalue weighted by Gasteiger charge is -2.17.